The maximum atomic E-state index is 8.76. The third-order valence-corrected chi connectivity index (χ3v) is 2.10. The van der Waals surface area contributed by atoms with Gasteiger partial charge in [-0.2, -0.15) is 5.48 Å². The maximum Gasteiger partial charge on any atom is 0.161 e. The molecule has 1 aromatic rings. The van der Waals surface area contributed by atoms with E-state index in [1.807, 2.05) is 25.1 Å². The van der Waals surface area contributed by atoms with Crippen LogP contribution in [-0.4, -0.2) is 19.4 Å². The molecule has 5 heteroatoms. The van der Waals surface area contributed by atoms with E-state index >= 15 is 0 Å². The van der Waals surface area contributed by atoms with Gasteiger partial charge in [-0.1, -0.05) is 6.07 Å². The van der Waals surface area contributed by atoms with E-state index in [1.165, 1.54) is 0 Å². The van der Waals surface area contributed by atoms with E-state index in [-0.39, 0.29) is 18.4 Å². The van der Waals surface area contributed by atoms with Gasteiger partial charge in [0.15, 0.2) is 11.5 Å². The third kappa shape index (κ3) is 3.27. The smallest absolute Gasteiger partial charge is 0.161 e. The Morgan fingerprint density at radius 2 is 1.80 bits per heavy atom. The molecule has 86 valence electrons. The van der Waals surface area contributed by atoms with Crippen molar-refractivity contribution in [2.24, 2.45) is 0 Å². The molecule has 0 spiro atoms. The molecule has 0 fully saturated rings. The lowest BCUT2D eigenvalue weighted by Gasteiger charge is -2.13. The van der Waals surface area contributed by atoms with Crippen LogP contribution in [0.2, 0.25) is 0 Å². The first-order valence-corrected chi connectivity index (χ1v) is 4.34. The van der Waals surface area contributed by atoms with E-state index < -0.39 is 0 Å². The average Bonchev–Trinajstić information content (AvgIpc) is 2.26. The molecule has 1 aromatic carbocycles. The number of hydrogen-bond acceptors (Lipinski definition) is 4. The summed E-state index contributed by atoms with van der Waals surface area (Å²) in [5, 5.41) is 8.76. The Kier molecular flexibility index (Phi) is 6.08. The SMILES string of the molecule is COc1ccc(C(C)NO)cc1OC.Cl. The summed E-state index contributed by atoms with van der Waals surface area (Å²) < 4.78 is 10.2. The highest BCUT2D eigenvalue weighted by molar-refractivity contribution is 5.85. The number of hydrogen-bond donors (Lipinski definition) is 2. The van der Waals surface area contributed by atoms with Crippen LogP contribution >= 0.6 is 12.4 Å². The van der Waals surface area contributed by atoms with E-state index in [9.17, 15) is 0 Å². The van der Waals surface area contributed by atoms with Crippen molar-refractivity contribution in [1.82, 2.24) is 5.48 Å². The standard InChI is InChI=1S/C10H15NO3.ClH/c1-7(11-12)8-4-5-9(13-2)10(6-8)14-3;/h4-7,11-12H,1-3H3;1H. The number of rotatable bonds is 4. The van der Waals surface area contributed by atoms with Gasteiger partial charge in [0, 0.05) is 0 Å². The van der Waals surface area contributed by atoms with Gasteiger partial charge < -0.3 is 14.7 Å². The summed E-state index contributed by atoms with van der Waals surface area (Å²) in [5.41, 5.74) is 3.11. The maximum absolute atomic E-state index is 8.76. The number of nitrogens with one attached hydrogen (secondary N) is 1. The summed E-state index contributed by atoms with van der Waals surface area (Å²) in [7, 11) is 3.17. The summed E-state index contributed by atoms with van der Waals surface area (Å²) in [6.45, 7) is 1.85. The van der Waals surface area contributed by atoms with Crippen LogP contribution in [0.3, 0.4) is 0 Å². The van der Waals surface area contributed by atoms with Gasteiger partial charge >= 0.3 is 0 Å². The van der Waals surface area contributed by atoms with Crippen molar-refractivity contribution in [3.63, 3.8) is 0 Å². The summed E-state index contributed by atoms with van der Waals surface area (Å²) in [6, 6.07) is 5.37. The summed E-state index contributed by atoms with van der Waals surface area (Å²) >= 11 is 0. The molecule has 0 radical (unpaired) electrons. The van der Waals surface area contributed by atoms with Crippen LogP contribution in [0.15, 0.2) is 18.2 Å². The molecule has 0 bridgehead atoms. The van der Waals surface area contributed by atoms with E-state index in [2.05, 4.69) is 5.48 Å². The molecule has 0 aliphatic heterocycles. The molecule has 2 N–H and O–H groups in total. The van der Waals surface area contributed by atoms with Crippen molar-refractivity contribution in [2.45, 2.75) is 13.0 Å². The molecular weight excluding hydrogens is 218 g/mol. The van der Waals surface area contributed by atoms with Crippen LogP contribution in [0.5, 0.6) is 11.5 Å². The highest BCUT2D eigenvalue weighted by Gasteiger charge is 2.08. The predicted octanol–water partition coefficient (Wildman–Crippen LogP) is 2.17. The van der Waals surface area contributed by atoms with Crippen molar-refractivity contribution in [1.29, 1.82) is 0 Å². The second-order valence-corrected chi connectivity index (χ2v) is 2.97. The Hall–Kier alpha value is -0.970. The van der Waals surface area contributed by atoms with Gasteiger partial charge in [0.1, 0.15) is 0 Å². The molecule has 1 atom stereocenters. The number of ether oxygens (including phenoxy) is 2. The fourth-order valence-corrected chi connectivity index (χ4v) is 1.20. The minimum Gasteiger partial charge on any atom is -0.493 e. The Labute approximate surface area is 95.6 Å². The minimum absolute atomic E-state index is 0. The van der Waals surface area contributed by atoms with Gasteiger partial charge in [-0.25, -0.2) is 0 Å². The summed E-state index contributed by atoms with van der Waals surface area (Å²) in [6.07, 6.45) is 0. The molecule has 0 aliphatic carbocycles. The van der Waals surface area contributed by atoms with E-state index in [0.29, 0.717) is 11.5 Å². The van der Waals surface area contributed by atoms with Crippen LogP contribution in [0, 0.1) is 0 Å². The Balaban J connectivity index is 0.00000196. The first-order chi connectivity index (χ1) is 6.72. The van der Waals surface area contributed by atoms with Crippen LogP contribution in [0.1, 0.15) is 18.5 Å². The fraction of sp³-hybridized carbons (Fsp3) is 0.400. The highest BCUT2D eigenvalue weighted by atomic mass is 35.5. The Bertz CT molecular complexity index is 307. The van der Waals surface area contributed by atoms with Gasteiger partial charge in [0.2, 0.25) is 0 Å². The van der Waals surface area contributed by atoms with Gasteiger partial charge in [-0.3, -0.25) is 0 Å². The first kappa shape index (κ1) is 14.0. The molecular formula is C10H16ClNO3. The predicted molar refractivity (Wildman–Crippen MR) is 60.1 cm³/mol. The minimum atomic E-state index is -0.130. The number of hydroxylamine groups is 1. The number of benzene rings is 1. The molecule has 1 rings (SSSR count). The van der Waals surface area contributed by atoms with Crippen LogP contribution in [0.4, 0.5) is 0 Å². The van der Waals surface area contributed by atoms with E-state index in [4.69, 9.17) is 14.7 Å². The highest BCUT2D eigenvalue weighted by Crippen LogP contribution is 2.29. The lowest BCUT2D eigenvalue weighted by molar-refractivity contribution is 0.133. The van der Waals surface area contributed by atoms with Gasteiger partial charge in [0.05, 0.1) is 20.3 Å². The zero-order valence-corrected chi connectivity index (χ0v) is 9.80. The van der Waals surface area contributed by atoms with Crippen LogP contribution in [0.25, 0.3) is 0 Å². The molecule has 4 nitrogen and oxygen atoms in total. The summed E-state index contributed by atoms with van der Waals surface area (Å²) in [4.78, 5) is 0. The third-order valence-electron chi connectivity index (χ3n) is 2.10. The summed E-state index contributed by atoms with van der Waals surface area (Å²) in [5.74, 6) is 1.34. The Morgan fingerprint density at radius 1 is 1.20 bits per heavy atom. The zero-order valence-electron chi connectivity index (χ0n) is 8.98. The molecule has 0 amide bonds. The quantitative estimate of drug-likeness (QED) is 0.783. The van der Waals surface area contributed by atoms with E-state index in [0.717, 1.165) is 5.56 Å². The Morgan fingerprint density at radius 3 is 2.27 bits per heavy atom. The normalized spacial score (nSPS) is 11.5. The molecule has 15 heavy (non-hydrogen) atoms. The monoisotopic (exact) mass is 233 g/mol. The fourth-order valence-electron chi connectivity index (χ4n) is 1.20. The largest absolute Gasteiger partial charge is 0.493 e. The molecule has 0 saturated heterocycles. The van der Waals surface area contributed by atoms with Crippen molar-refractivity contribution in [3.8, 4) is 11.5 Å². The zero-order chi connectivity index (χ0) is 10.6. The van der Waals surface area contributed by atoms with Crippen molar-refractivity contribution >= 4 is 12.4 Å². The van der Waals surface area contributed by atoms with Crippen molar-refractivity contribution in [2.75, 3.05) is 14.2 Å². The molecule has 0 aliphatic rings. The lowest BCUT2D eigenvalue weighted by atomic mass is 10.1. The molecule has 0 saturated carbocycles. The van der Waals surface area contributed by atoms with Gasteiger partial charge in [-0.05, 0) is 24.6 Å². The molecule has 0 aromatic heterocycles. The number of methoxy groups -OCH3 is 2. The second kappa shape index (κ2) is 6.50. The van der Waals surface area contributed by atoms with Crippen LogP contribution in [-0.2, 0) is 0 Å². The number of halogens is 1. The second-order valence-electron chi connectivity index (χ2n) is 2.97. The van der Waals surface area contributed by atoms with Crippen molar-refractivity contribution < 1.29 is 14.7 Å². The van der Waals surface area contributed by atoms with Gasteiger partial charge in [0.25, 0.3) is 0 Å². The first-order valence-electron chi connectivity index (χ1n) is 4.34. The van der Waals surface area contributed by atoms with E-state index in [1.54, 1.807) is 14.2 Å². The van der Waals surface area contributed by atoms with Crippen LogP contribution < -0.4 is 15.0 Å². The molecule has 1 unspecified atom stereocenters. The van der Waals surface area contributed by atoms with Gasteiger partial charge in [-0.15, -0.1) is 12.4 Å². The average molecular weight is 234 g/mol. The topological polar surface area (TPSA) is 50.7 Å². The lowest BCUT2D eigenvalue weighted by Crippen LogP contribution is -2.13. The van der Waals surface area contributed by atoms with Crippen molar-refractivity contribution in [3.05, 3.63) is 23.8 Å². The molecule has 0 heterocycles.